The van der Waals surface area contributed by atoms with Crippen molar-refractivity contribution in [3.8, 4) is 6.07 Å². The van der Waals surface area contributed by atoms with Gasteiger partial charge in [-0.05, 0) is 48.1 Å². The second-order valence-corrected chi connectivity index (χ2v) is 9.69. The van der Waals surface area contributed by atoms with E-state index in [0.717, 1.165) is 15.6 Å². The Balaban J connectivity index is 2.07. The Bertz CT molecular complexity index is 899. The first-order valence-corrected chi connectivity index (χ1v) is 10.8. The highest BCUT2D eigenvalue weighted by atomic mass is 32.2. The Morgan fingerprint density at radius 2 is 1.93 bits per heavy atom. The zero-order valence-electron chi connectivity index (χ0n) is 15.5. The van der Waals surface area contributed by atoms with Crippen LogP contribution < -0.4 is 5.32 Å². The molecule has 0 aliphatic rings. The SMILES string of the molecule is CC(C)CC(NC(=O)CN(C)S(=O)(=O)c1ccc(C#N)cc1)c1cccs1. The first-order valence-electron chi connectivity index (χ1n) is 8.53. The van der Waals surface area contributed by atoms with Crippen molar-refractivity contribution in [3.05, 3.63) is 52.2 Å². The fourth-order valence-corrected chi connectivity index (χ4v) is 4.53. The minimum Gasteiger partial charge on any atom is -0.347 e. The summed E-state index contributed by atoms with van der Waals surface area (Å²) in [5.74, 6) is 0.0336. The van der Waals surface area contributed by atoms with Crippen molar-refractivity contribution in [2.75, 3.05) is 13.6 Å². The van der Waals surface area contributed by atoms with E-state index < -0.39 is 10.0 Å². The lowest BCUT2D eigenvalue weighted by Crippen LogP contribution is -2.40. The van der Waals surface area contributed by atoms with Gasteiger partial charge in [-0.2, -0.15) is 9.57 Å². The maximum Gasteiger partial charge on any atom is 0.243 e. The van der Waals surface area contributed by atoms with Crippen LogP contribution in [0.5, 0.6) is 0 Å². The van der Waals surface area contributed by atoms with Crippen molar-refractivity contribution in [1.29, 1.82) is 5.26 Å². The van der Waals surface area contributed by atoms with Crippen molar-refractivity contribution >= 4 is 27.3 Å². The fraction of sp³-hybridized carbons (Fsp3) is 0.368. The first kappa shape index (κ1) is 21.1. The maximum atomic E-state index is 12.6. The van der Waals surface area contributed by atoms with Crippen LogP contribution >= 0.6 is 11.3 Å². The molecule has 1 amide bonds. The highest BCUT2D eigenvalue weighted by Gasteiger charge is 2.24. The van der Waals surface area contributed by atoms with Crippen molar-refractivity contribution in [2.24, 2.45) is 5.92 Å². The molecule has 1 heterocycles. The molecule has 1 aromatic heterocycles. The molecule has 0 bridgehead atoms. The number of nitrogens with zero attached hydrogens (tertiary/aromatic N) is 2. The van der Waals surface area contributed by atoms with Crippen molar-refractivity contribution < 1.29 is 13.2 Å². The molecular formula is C19H23N3O3S2. The summed E-state index contributed by atoms with van der Waals surface area (Å²) in [5, 5.41) is 13.7. The minimum atomic E-state index is -3.81. The van der Waals surface area contributed by atoms with Crippen LogP contribution in [0.4, 0.5) is 0 Å². The number of carbonyl (C=O) groups excluding carboxylic acids is 1. The largest absolute Gasteiger partial charge is 0.347 e. The average molecular weight is 406 g/mol. The number of thiophene rings is 1. The lowest BCUT2D eigenvalue weighted by atomic mass is 10.0. The van der Waals surface area contributed by atoms with Crippen LogP contribution in [0.1, 0.15) is 36.8 Å². The van der Waals surface area contributed by atoms with Gasteiger partial charge in [0.1, 0.15) is 0 Å². The molecule has 8 heteroatoms. The van der Waals surface area contributed by atoms with Gasteiger partial charge in [0.2, 0.25) is 15.9 Å². The topological polar surface area (TPSA) is 90.3 Å². The van der Waals surface area contributed by atoms with Crippen molar-refractivity contribution in [3.63, 3.8) is 0 Å². The molecule has 1 unspecified atom stereocenters. The second-order valence-electron chi connectivity index (χ2n) is 6.66. The van der Waals surface area contributed by atoms with E-state index in [2.05, 4.69) is 19.2 Å². The minimum absolute atomic E-state index is 0.0498. The lowest BCUT2D eigenvalue weighted by molar-refractivity contribution is -0.122. The van der Waals surface area contributed by atoms with Crippen LogP contribution in [-0.2, 0) is 14.8 Å². The molecule has 1 atom stereocenters. The Hall–Kier alpha value is -2.21. The number of carbonyl (C=O) groups is 1. The number of likely N-dealkylation sites (N-methyl/N-ethyl adjacent to an activating group) is 1. The van der Waals surface area contributed by atoms with Gasteiger partial charge >= 0.3 is 0 Å². The van der Waals surface area contributed by atoms with Crippen LogP contribution in [0.3, 0.4) is 0 Å². The molecule has 1 N–H and O–H groups in total. The summed E-state index contributed by atoms with van der Waals surface area (Å²) in [7, 11) is -2.44. The van der Waals surface area contributed by atoms with Gasteiger partial charge in [0.05, 0.1) is 29.1 Å². The van der Waals surface area contributed by atoms with Gasteiger partial charge in [0, 0.05) is 11.9 Å². The summed E-state index contributed by atoms with van der Waals surface area (Å²) >= 11 is 1.57. The lowest BCUT2D eigenvalue weighted by Gasteiger charge is -2.22. The Kier molecular flexibility index (Phi) is 7.13. The maximum absolute atomic E-state index is 12.6. The molecule has 0 radical (unpaired) electrons. The predicted molar refractivity (Wildman–Crippen MR) is 106 cm³/mol. The van der Waals surface area contributed by atoms with Gasteiger partial charge in [-0.25, -0.2) is 8.42 Å². The standard InChI is InChI=1S/C19H23N3O3S2/c1-14(2)11-17(18-5-4-10-26-18)21-19(23)13-22(3)27(24,25)16-8-6-15(12-20)7-9-16/h4-10,14,17H,11,13H2,1-3H3,(H,21,23). The summed E-state index contributed by atoms with van der Waals surface area (Å²) in [5.41, 5.74) is 0.377. The Labute approximate surface area is 164 Å². The van der Waals surface area contributed by atoms with Gasteiger partial charge in [-0.15, -0.1) is 11.3 Å². The summed E-state index contributed by atoms with van der Waals surface area (Å²) < 4.78 is 26.3. The molecule has 2 aromatic rings. The Morgan fingerprint density at radius 3 is 2.44 bits per heavy atom. The monoisotopic (exact) mass is 405 g/mol. The van der Waals surface area contributed by atoms with Gasteiger partial charge in [-0.3, -0.25) is 4.79 Å². The molecule has 0 spiro atoms. The van der Waals surface area contributed by atoms with Crippen LogP contribution in [0, 0.1) is 17.2 Å². The smallest absolute Gasteiger partial charge is 0.243 e. The number of hydrogen-bond acceptors (Lipinski definition) is 5. The fourth-order valence-electron chi connectivity index (χ4n) is 2.62. The quantitative estimate of drug-likeness (QED) is 0.730. The van der Waals surface area contributed by atoms with E-state index in [1.807, 2.05) is 23.6 Å². The highest BCUT2D eigenvalue weighted by Crippen LogP contribution is 2.25. The number of sulfonamides is 1. The highest BCUT2D eigenvalue weighted by molar-refractivity contribution is 7.89. The molecule has 0 fully saturated rings. The summed E-state index contributed by atoms with van der Waals surface area (Å²) in [6, 6.07) is 11.3. The number of benzene rings is 1. The molecule has 27 heavy (non-hydrogen) atoms. The molecule has 0 aliphatic heterocycles. The summed E-state index contributed by atoms with van der Waals surface area (Å²) in [6.07, 6.45) is 0.776. The van der Waals surface area contributed by atoms with E-state index in [1.165, 1.54) is 31.3 Å². The number of nitriles is 1. The zero-order valence-corrected chi connectivity index (χ0v) is 17.2. The van der Waals surface area contributed by atoms with E-state index >= 15 is 0 Å². The van der Waals surface area contributed by atoms with Gasteiger partial charge in [-0.1, -0.05) is 19.9 Å². The van der Waals surface area contributed by atoms with E-state index in [1.54, 1.807) is 11.3 Å². The van der Waals surface area contributed by atoms with Crippen LogP contribution in [0.25, 0.3) is 0 Å². The summed E-state index contributed by atoms with van der Waals surface area (Å²) in [4.78, 5) is 13.6. The van der Waals surface area contributed by atoms with E-state index in [4.69, 9.17) is 5.26 Å². The van der Waals surface area contributed by atoms with Crippen molar-refractivity contribution in [1.82, 2.24) is 9.62 Å². The molecule has 144 valence electrons. The predicted octanol–water partition coefficient (Wildman–Crippen LogP) is 3.14. The average Bonchev–Trinajstić information content (AvgIpc) is 3.15. The molecule has 0 saturated carbocycles. The second kappa shape index (κ2) is 9.13. The third kappa shape index (κ3) is 5.63. The zero-order chi connectivity index (χ0) is 20.0. The third-order valence-electron chi connectivity index (χ3n) is 3.99. The normalized spacial score (nSPS) is 12.7. The van der Waals surface area contributed by atoms with E-state index in [-0.39, 0.29) is 23.4 Å². The van der Waals surface area contributed by atoms with E-state index in [9.17, 15) is 13.2 Å². The molecule has 1 aromatic carbocycles. The number of nitrogens with one attached hydrogen (secondary N) is 1. The van der Waals surface area contributed by atoms with Crippen LogP contribution in [0.15, 0.2) is 46.7 Å². The number of amides is 1. The van der Waals surface area contributed by atoms with Crippen LogP contribution in [-0.4, -0.2) is 32.2 Å². The van der Waals surface area contributed by atoms with Crippen molar-refractivity contribution in [2.45, 2.75) is 31.2 Å². The number of rotatable bonds is 8. The molecule has 0 aliphatic carbocycles. The van der Waals surface area contributed by atoms with Gasteiger partial charge in [0.25, 0.3) is 0 Å². The first-order chi connectivity index (χ1) is 12.7. The Morgan fingerprint density at radius 1 is 1.26 bits per heavy atom. The third-order valence-corrected chi connectivity index (χ3v) is 6.79. The van der Waals surface area contributed by atoms with E-state index in [0.29, 0.717) is 11.5 Å². The molecule has 0 saturated heterocycles. The number of hydrogen-bond donors (Lipinski definition) is 1. The molecule has 2 rings (SSSR count). The molecule has 6 nitrogen and oxygen atoms in total. The summed E-state index contributed by atoms with van der Waals surface area (Å²) in [6.45, 7) is 3.88. The molecular weight excluding hydrogens is 382 g/mol. The van der Waals surface area contributed by atoms with Gasteiger partial charge in [0.15, 0.2) is 0 Å². The van der Waals surface area contributed by atoms with Gasteiger partial charge < -0.3 is 5.32 Å². The van der Waals surface area contributed by atoms with Crippen LogP contribution in [0.2, 0.25) is 0 Å².